The molecule has 1 heterocycles. The number of aromatic hydroxyl groups is 1. The fourth-order valence-corrected chi connectivity index (χ4v) is 5.68. The molecule has 0 aliphatic carbocycles. The van der Waals surface area contributed by atoms with E-state index in [0.717, 1.165) is 22.3 Å². The van der Waals surface area contributed by atoms with Crippen molar-refractivity contribution >= 4 is 29.3 Å². The number of phenols is 1. The van der Waals surface area contributed by atoms with Gasteiger partial charge in [-0.05, 0) is 45.2 Å². The number of carboxylic acid groups (broad SMARTS) is 1. The van der Waals surface area contributed by atoms with Gasteiger partial charge in [0.05, 0.1) is 5.37 Å². The fourth-order valence-electron chi connectivity index (χ4n) is 4.03. The number of phenolic OH excluding ortho intramolecular Hbond substituents is 1. The number of hydrogen-bond donors (Lipinski definition) is 2. The van der Waals surface area contributed by atoms with Gasteiger partial charge in [-0.15, -0.1) is 11.8 Å². The standard InChI is InChI=1S/C25H32ClNO3S/c1-24(2,3)18-10-15(11-19(21(18)28)25(4,5)6)13-27-20(23(29)30)14-31-22(27)16-8-7-9-17(26)12-16/h7-12,20,22,28H,13-14H2,1-6H3,(H,29,30). The minimum atomic E-state index is -0.817. The molecule has 2 N–H and O–H groups in total. The molecule has 168 valence electrons. The van der Waals surface area contributed by atoms with Crippen LogP contribution in [0, 0.1) is 0 Å². The van der Waals surface area contributed by atoms with Crippen molar-refractivity contribution < 1.29 is 15.0 Å². The van der Waals surface area contributed by atoms with Crippen LogP contribution >= 0.6 is 23.4 Å². The molecular formula is C25H32ClNO3S. The summed E-state index contributed by atoms with van der Waals surface area (Å²) in [4.78, 5) is 14.1. The second-order valence-corrected chi connectivity index (χ2v) is 11.9. The Bertz CT molecular complexity index is 942. The molecule has 0 radical (unpaired) electrons. The topological polar surface area (TPSA) is 60.8 Å². The van der Waals surface area contributed by atoms with Crippen molar-refractivity contribution in [3.8, 4) is 5.75 Å². The SMILES string of the molecule is CC(C)(C)c1cc(CN2C(C(=O)O)CSC2c2cccc(Cl)c2)cc(C(C)(C)C)c1O. The van der Waals surface area contributed by atoms with Crippen LogP contribution in [0.1, 0.15) is 69.2 Å². The summed E-state index contributed by atoms with van der Waals surface area (Å²) in [5.41, 5.74) is 3.30. The Morgan fingerprint density at radius 2 is 1.68 bits per heavy atom. The van der Waals surface area contributed by atoms with Crippen LogP contribution in [0.15, 0.2) is 36.4 Å². The van der Waals surface area contributed by atoms with E-state index in [1.165, 1.54) is 0 Å². The molecule has 0 saturated carbocycles. The lowest BCUT2D eigenvalue weighted by atomic mass is 9.78. The molecule has 0 bridgehead atoms. The van der Waals surface area contributed by atoms with E-state index >= 15 is 0 Å². The van der Waals surface area contributed by atoms with Crippen LogP contribution in [0.5, 0.6) is 5.75 Å². The number of carboxylic acids is 1. The minimum Gasteiger partial charge on any atom is -0.507 e. The molecule has 0 amide bonds. The number of hydrogen-bond acceptors (Lipinski definition) is 4. The van der Waals surface area contributed by atoms with Gasteiger partial charge in [0, 0.05) is 17.3 Å². The van der Waals surface area contributed by atoms with Gasteiger partial charge in [0.15, 0.2) is 0 Å². The Labute approximate surface area is 194 Å². The number of carbonyl (C=O) groups is 1. The van der Waals surface area contributed by atoms with E-state index in [-0.39, 0.29) is 16.2 Å². The highest BCUT2D eigenvalue weighted by atomic mass is 35.5. The zero-order valence-corrected chi connectivity index (χ0v) is 20.6. The third kappa shape index (κ3) is 5.21. The van der Waals surface area contributed by atoms with E-state index in [0.29, 0.717) is 23.1 Å². The minimum absolute atomic E-state index is 0.0928. The Hall–Kier alpha value is -1.69. The zero-order chi connectivity index (χ0) is 23.1. The summed E-state index contributed by atoms with van der Waals surface area (Å²) >= 11 is 7.85. The lowest BCUT2D eigenvalue weighted by Crippen LogP contribution is -2.38. The van der Waals surface area contributed by atoms with Gasteiger partial charge < -0.3 is 10.2 Å². The van der Waals surface area contributed by atoms with Gasteiger partial charge in [0.25, 0.3) is 0 Å². The summed E-state index contributed by atoms with van der Waals surface area (Å²) in [7, 11) is 0. The number of rotatable bonds is 4. The monoisotopic (exact) mass is 461 g/mol. The van der Waals surface area contributed by atoms with Crippen LogP contribution in [0.25, 0.3) is 0 Å². The first kappa shape index (κ1) is 24.0. The quantitative estimate of drug-likeness (QED) is 0.556. The first-order valence-corrected chi connectivity index (χ1v) is 11.9. The average molecular weight is 462 g/mol. The van der Waals surface area contributed by atoms with E-state index in [2.05, 4.69) is 41.5 Å². The summed E-state index contributed by atoms with van der Waals surface area (Å²) in [5.74, 6) is 0.0340. The Balaban J connectivity index is 2.07. The lowest BCUT2D eigenvalue weighted by molar-refractivity contribution is -0.142. The van der Waals surface area contributed by atoms with Crippen LogP contribution in [-0.2, 0) is 22.2 Å². The van der Waals surface area contributed by atoms with Gasteiger partial charge in [-0.1, -0.05) is 77.4 Å². The van der Waals surface area contributed by atoms with E-state index < -0.39 is 12.0 Å². The maximum atomic E-state index is 12.0. The zero-order valence-electron chi connectivity index (χ0n) is 19.1. The fraction of sp³-hybridized carbons (Fsp3) is 0.480. The van der Waals surface area contributed by atoms with Crippen LogP contribution in [0.3, 0.4) is 0 Å². The molecule has 2 aromatic carbocycles. The molecule has 4 nitrogen and oxygen atoms in total. The smallest absolute Gasteiger partial charge is 0.321 e. The molecule has 1 saturated heterocycles. The van der Waals surface area contributed by atoms with Gasteiger partial charge in [0.1, 0.15) is 11.8 Å². The van der Waals surface area contributed by atoms with Crippen molar-refractivity contribution in [1.82, 2.24) is 4.90 Å². The van der Waals surface area contributed by atoms with Crippen LogP contribution in [0.2, 0.25) is 5.02 Å². The summed E-state index contributed by atoms with van der Waals surface area (Å²) in [5, 5.41) is 21.4. The van der Waals surface area contributed by atoms with E-state index in [1.807, 2.05) is 41.3 Å². The molecule has 1 aliphatic rings. The highest BCUT2D eigenvalue weighted by Gasteiger charge is 2.39. The van der Waals surface area contributed by atoms with Crippen LogP contribution < -0.4 is 0 Å². The Morgan fingerprint density at radius 1 is 1.10 bits per heavy atom. The first-order chi connectivity index (χ1) is 14.3. The van der Waals surface area contributed by atoms with Crippen molar-refractivity contribution in [3.05, 3.63) is 63.7 Å². The number of benzene rings is 2. The van der Waals surface area contributed by atoms with E-state index in [9.17, 15) is 15.0 Å². The number of thioether (sulfide) groups is 1. The molecule has 6 heteroatoms. The maximum Gasteiger partial charge on any atom is 0.321 e. The summed E-state index contributed by atoms with van der Waals surface area (Å²) in [6.07, 6.45) is 0. The predicted octanol–water partition coefficient (Wildman–Crippen LogP) is 6.34. The molecule has 1 aliphatic heterocycles. The van der Waals surface area contributed by atoms with Crippen molar-refractivity contribution in [2.45, 2.75) is 70.3 Å². The lowest BCUT2D eigenvalue weighted by Gasteiger charge is -2.31. The van der Waals surface area contributed by atoms with Gasteiger partial charge in [-0.25, -0.2) is 0 Å². The molecule has 1 fully saturated rings. The number of nitrogens with zero attached hydrogens (tertiary/aromatic N) is 1. The number of halogens is 1. The Kier molecular flexibility index (Phi) is 6.71. The summed E-state index contributed by atoms with van der Waals surface area (Å²) in [6.45, 7) is 13.0. The van der Waals surface area contributed by atoms with E-state index in [1.54, 1.807) is 11.8 Å². The van der Waals surface area contributed by atoms with E-state index in [4.69, 9.17) is 11.6 Å². The maximum absolute atomic E-state index is 12.0. The summed E-state index contributed by atoms with van der Waals surface area (Å²) < 4.78 is 0. The third-order valence-electron chi connectivity index (χ3n) is 5.68. The van der Waals surface area contributed by atoms with Crippen molar-refractivity contribution in [2.24, 2.45) is 0 Å². The van der Waals surface area contributed by atoms with Gasteiger partial charge in [0.2, 0.25) is 0 Å². The van der Waals surface area contributed by atoms with Crippen LogP contribution in [-0.4, -0.2) is 32.9 Å². The van der Waals surface area contributed by atoms with Gasteiger partial charge in [-0.2, -0.15) is 0 Å². The van der Waals surface area contributed by atoms with Crippen molar-refractivity contribution in [3.63, 3.8) is 0 Å². The molecule has 2 atom stereocenters. The third-order valence-corrected chi connectivity index (χ3v) is 7.29. The first-order valence-electron chi connectivity index (χ1n) is 10.5. The summed E-state index contributed by atoms with van der Waals surface area (Å²) in [6, 6.07) is 11.1. The molecule has 31 heavy (non-hydrogen) atoms. The molecular weight excluding hydrogens is 430 g/mol. The molecule has 2 aromatic rings. The normalized spacial score (nSPS) is 20.2. The van der Waals surface area contributed by atoms with Crippen molar-refractivity contribution in [1.29, 1.82) is 0 Å². The van der Waals surface area contributed by atoms with Crippen molar-refractivity contribution in [2.75, 3.05) is 5.75 Å². The van der Waals surface area contributed by atoms with Crippen LogP contribution in [0.4, 0.5) is 0 Å². The Morgan fingerprint density at radius 3 is 2.16 bits per heavy atom. The van der Waals surface area contributed by atoms with Gasteiger partial charge >= 0.3 is 5.97 Å². The molecule has 0 spiro atoms. The largest absolute Gasteiger partial charge is 0.507 e. The highest BCUT2D eigenvalue weighted by Crippen LogP contribution is 2.45. The second kappa shape index (κ2) is 8.68. The molecule has 3 rings (SSSR count). The number of aliphatic carboxylic acids is 1. The molecule has 0 aromatic heterocycles. The molecule has 2 unspecified atom stereocenters. The highest BCUT2D eigenvalue weighted by molar-refractivity contribution is 7.99. The second-order valence-electron chi connectivity index (χ2n) is 10.3. The van der Waals surface area contributed by atoms with Gasteiger partial charge in [-0.3, -0.25) is 9.69 Å². The average Bonchev–Trinajstić information content (AvgIpc) is 3.05. The predicted molar refractivity (Wildman–Crippen MR) is 129 cm³/mol.